The first kappa shape index (κ1) is 19.1. The second kappa shape index (κ2) is 7.23. The Bertz CT molecular complexity index is 266. The van der Waals surface area contributed by atoms with Crippen LogP contribution in [0.2, 0.25) is 36.3 Å². The molecule has 0 rings (SSSR count). The van der Waals surface area contributed by atoms with Crippen molar-refractivity contribution in [1.82, 2.24) is 4.23 Å². The summed E-state index contributed by atoms with van der Waals surface area (Å²) in [5.74, 6) is 0. The SMILES string of the molecule is CC=CCN([Si](C)(C)C)[Si](C(C)C)(C(C)C)C(C)C. The Balaban J connectivity index is 5.87. The molecular formula is C16H37NSi2. The van der Waals surface area contributed by atoms with Crippen LogP contribution in [0, 0.1) is 0 Å². The molecule has 0 atom stereocenters. The summed E-state index contributed by atoms with van der Waals surface area (Å²) in [7, 11) is -2.79. The summed E-state index contributed by atoms with van der Waals surface area (Å²) in [6.07, 6.45) is 4.58. The van der Waals surface area contributed by atoms with Gasteiger partial charge in [-0.2, -0.15) is 0 Å². The largest absolute Gasteiger partial charge is 0.342 e. The molecule has 0 N–H and O–H groups in total. The summed E-state index contributed by atoms with van der Waals surface area (Å²) < 4.78 is 3.00. The highest BCUT2D eigenvalue weighted by molar-refractivity contribution is 6.93. The van der Waals surface area contributed by atoms with Crippen molar-refractivity contribution in [3.05, 3.63) is 12.2 Å². The molecule has 0 aliphatic rings. The van der Waals surface area contributed by atoms with Gasteiger partial charge in [-0.1, -0.05) is 73.3 Å². The van der Waals surface area contributed by atoms with Crippen molar-refractivity contribution in [2.75, 3.05) is 6.54 Å². The van der Waals surface area contributed by atoms with Crippen LogP contribution in [-0.4, -0.2) is 27.2 Å². The minimum absolute atomic E-state index is 0.810. The topological polar surface area (TPSA) is 3.24 Å². The van der Waals surface area contributed by atoms with Gasteiger partial charge in [0.25, 0.3) is 0 Å². The molecule has 0 aliphatic carbocycles. The third kappa shape index (κ3) is 4.05. The zero-order valence-electron chi connectivity index (χ0n) is 15.0. The van der Waals surface area contributed by atoms with Gasteiger partial charge in [0.15, 0.2) is 0 Å². The Labute approximate surface area is 124 Å². The van der Waals surface area contributed by atoms with E-state index >= 15 is 0 Å². The number of nitrogens with zero attached hydrogens (tertiary/aromatic N) is 1. The average Bonchev–Trinajstić information content (AvgIpc) is 2.20. The van der Waals surface area contributed by atoms with Crippen LogP contribution in [-0.2, 0) is 0 Å². The molecule has 3 heteroatoms. The standard InChI is InChI=1S/C16H37NSi2/c1-11-12-13-17(18(8,9)10)19(14(2)3,15(4)5)16(6)7/h11-12,14-16H,13H2,1-10H3. The Morgan fingerprint density at radius 3 is 1.42 bits per heavy atom. The summed E-state index contributed by atoms with van der Waals surface area (Å²) in [6.45, 7) is 25.7. The fourth-order valence-electron chi connectivity index (χ4n) is 4.16. The van der Waals surface area contributed by atoms with Gasteiger partial charge in [0, 0.05) is 6.54 Å². The molecule has 0 saturated carbocycles. The van der Waals surface area contributed by atoms with Crippen LogP contribution < -0.4 is 0 Å². The van der Waals surface area contributed by atoms with Crippen LogP contribution in [0.15, 0.2) is 12.2 Å². The second-order valence-corrected chi connectivity index (χ2v) is 18.8. The van der Waals surface area contributed by atoms with Crippen LogP contribution >= 0.6 is 0 Å². The van der Waals surface area contributed by atoms with Crippen molar-refractivity contribution < 1.29 is 0 Å². The van der Waals surface area contributed by atoms with Gasteiger partial charge in [0.1, 0.15) is 16.5 Å². The number of hydrogen-bond donors (Lipinski definition) is 0. The van der Waals surface area contributed by atoms with Crippen molar-refractivity contribution in [3.63, 3.8) is 0 Å². The summed E-state index contributed by atoms with van der Waals surface area (Å²) in [5.41, 5.74) is 2.43. The summed E-state index contributed by atoms with van der Waals surface area (Å²) in [6, 6.07) is 0. The van der Waals surface area contributed by atoms with Crippen LogP contribution in [0.25, 0.3) is 0 Å². The number of hydrogen-bond acceptors (Lipinski definition) is 1. The predicted molar refractivity (Wildman–Crippen MR) is 95.9 cm³/mol. The van der Waals surface area contributed by atoms with E-state index in [1.54, 1.807) is 0 Å². The average molecular weight is 300 g/mol. The molecule has 1 nitrogen and oxygen atoms in total. The predicted octanol–water partition coefficient (Wildman–Crippen LogP) is 5.87. The molecule has 0 heterocycles. The molecule has 0 unspecified atom stereocenters. The van der Waals surface area contributed by atoms with E-state index in [9.17, 15) is 0 Å². The zero-order valence-corrected chi connectivity index (χ0v) is 17.0. The van der Waals surface area contributed by atoms with Crippen molar-refractivity contribution in [2.24, 2.45) is 0 Å². The quantitative estimate of drug-likeness (QED) is 0.419. The Kier molecular flexibility index (Phi) is 7.28. The molecule has 0 spiro atoms. The fourth-order valence-corrected chi connectivity index (χ4v) is 18.1. The lowest BCUT2D eigenvalue weighted by Gasteiger charge is -2.56. The van der Waals surface area contributed by atoms with E-state index in [4.69, 9.17) is 0 Å². The summed E-state index contributed by atoms with van der Waals surface area (Å²) >= 11 is 0. The van der Waals surface area contributed by atoms with Gasteiger partial charge in [-0.25, -0.2) is 0 Å². The van der Waals surface area contributed by atoms with E-state index in [2.05, 4.69) is 84.5 Å². The zero-order chi connectivity index (χ0) is 15.4. The number of allylic oxidation sites excluding steroid dienone is 1. The monoisotopic (exact) mass is 299 g/mol. The van der Waals surface area contributed by atoms with Crippen LogP contribution in [0.1, 0.15) is 48.5 Å². The molecule has 0 aromatic carbocycles. The summed E-state index contributed by atoms with van der Waals surface area (Å²) in [4.78, 5) is 0. The van der Waals surface area contributed by atoms with Crippen LogP contribution in [0.5, 0.6) is 0 Å². The van der Waals surface area contributed by atoms with Gasteiger partial charge in [-0.15, -0.1) is 0 Å². The highest BCUT2D eigenvalue weighted by Gasteiger charge is 2.51. The summed E-state index contributed by atoms with van der Waals surface area (Å²) in [5, 5.41) is 0. The first-order valence-corrected chi connectivity index (χ1v) is 13.5. The highest BCUT2D eigenvalue weighted by Crippen LogP contribution is 2.45. The first-order valence-electron chi connectivity index (χ1n) is 7.91. The molecule has 0 aromatic heterocycles. The molecule has 19 heavy (non-hydrogen) atoms. The fraction of sp³-hybridized carbons (Fsp3) is 0.875. The second-order valence-electron chi connectivity index (χ2n) is 7.70. The lowest BCUT2D eigenvalue weighted by molar-refractivity contribution is 0.589. The minimum atomic E-state index is -1.49. The van der Waals surface area contributed by atoms with Gasteiger partial charge in [0.2, 0.25) is 0 Å². The van der Waals surface area contributed by atoms with E-state index in [-0.39, 0.29) is 0 Å². The normalized spacial score (nSPS) is 14.6. The van der Waals surface area contributed by atoms with E-state index in [0.717, 1.165) is 23.2 Å². The van der Waals surface area contributed by atoms with Gasteiger partial charge in [-0.05, 0) is 23.5 Å². The van der Waals surface area contributed by atoms with Gasteiger partial charge >= 0.3 is 0 Å². The van der Waals surface area contributed by atoms with Gasteiger partial charge in [0.05, 0.1) is 0 Å². The van der Waals surface area contributed by atoms with Crippen molar-refractivity contribution >= 4 is 16.5 Å². The molecule has 0 amide bonds. The minimum Gasteiger partial charge on any atom is -0.342 e. The Hall–Kier alpha value is 0.134. The molecule has 114 valence electrons. The van der Waals surface area contributed by atoms with Crippen molar-refractivity contribution in [1.29, 1.82) is 0 Å². The van der Waals surface area contributed by atoms with Gasteiger partial charge < -0.3 is 4.23 Å². The molecule has 0 radical (unpaired) electrons. The third-order valence-corrected chi connectivity index (χ3v) is 16.2. The molecule has 0 aliphatic heterocycles. The molecular weight excluding hydrogens is 262 g/mol. The number of rotatable bonds is 7. The Morgan fingerprint density at radius 1 is 0.842 bits per heavy atom. The van der Waals surface area contributed by atoms with Crippen LogP contribution in [0.4, 0.5) is 0 Å². The smallest absolute Gasteiger partial charge is 0.129 e. The Morgan fingerprint density at radius 2 is 1.21 bits per heavy atom. The van der Waals surface area contributed by atoms with Crippen LogP contribution in [0.3, 0.4) is 0 Å². The van der Waals surface area contributed by atoms with Crippen molar-refractivity contribution in [2.45, 2.75) is 84.7 Å². The lowest BCUT2D eigenvalue weighted by atomic mass is 10.5. The first-order chi connectivity index (χ1) is 8.52. The maximum absolute atomic E-state index is 3.00. The maximum Gasteiger partial charge on any atom is 0.129 e. The van der Waals surface area contributed by atoms with Gasteiger partial charge in [-0.3, -0.25) is 0 Å². The van der Waals surface area contributed by atoms with E-state index < -0.39 is 16.5 Å². The van der Waals surface area contributed by atoms with E-state index in [0.29, 0.717) is 0 Å². The molecule has 0 saturated heterocycles. The molecule has 0 aromatic rings. The maximum atomic E-state index is 3.00. The highest BCUT2D eigenvalue weighted by atomic mass is 28.4. The van der Waals surface area contributed by atoms with Crippen molar-refractivity contribution in [3.8, 4) is 0 Å². The van der Waals surface area contributed by atoms with E-state index in [1.165, 1.54) is 0 Å². The van der Waals surface area contributed by atoms with E-state index in [1.807, 2.05) is 0 Å². The molecule has 0 bridgehead atoms. The third-order valence-electron chi connectivity index (χ3n) is 4.58. The lowest BCUT2D eigenvalue weighted by Crippen LogP contribution is -2.68. The molecule has 0 fully saturated rings.